The highest BCUT2D eigenvalue weighted by Gasteiger charge is 2.30. The van der Waals surface area contributed by atoms with Gasteiger partial charge < -0.3 is 24.3 Å². The van der Waals surface area contributed by atoms with E-state index in [1.165, 1.54) is 0 Å². The van der Waals surface area contributed by atoms with Gasteiger partial charge in [0.25, 0.3) is 0 Å². The molecule has 0 bridgehead atoms. The number of carbonyl (C=O) groups excluding carboxylic acids is 2. The number of aryl methyl sites for hydroxylation is 1. The van der Waals surface area contributed by atoms with E-state index in [4.69, 9.17) is 26.1 Å². The summed E-state index contributed by atoms with van der Waals surface area (Å²) in [5, 5.41) is 3.68. The third kappa shape index (κ3) is 8.68. The minimum absolute atomic E-state index is 0.0143. The van der Waals surface area contributed by atoms with E-state index in [1.54, 1.807) is 7.11 Å². The first-order valence-electron chi connectivity index (χ1n) is 16.2. The topological polar surface area (TPSA) is 85.7 Å². The predicted octanol–water partition coefficient (Wildman–Crippen LogP) is 7.63. The Kier molecular flexibility index (Phi) is 11.0. The lowest BCUT2D eigenvalue weighted by Gasteiger charge is -2.34. The number of rotatable bonds is 11. The van der Waals surface area contributed by atoms with Crippen LogP contribution in [0.1, 0.15) is 63.8 Å². The summed E-state index contributed by atoms with van der Waals surface area (Å²) in [4.78, 5) is 33.7. The van der Waals surface area contributed by atoms with E-state index >= 15 is 0 Å². The van der Waals surface area contributed by atoms with Crippen LogP contribution in [0.5, 0.6) is 0 Å². The molecule has 1 aromatic heterocycles. The Balaban J connectivity index is 1.31. The van der Waals surface area contributed by atoms with Crippen LogP contribution in [0.4, 0.5) is 4.79 Å². The summed E-state index contributed by atoms with van der Waals surface area (Å²) in [6, 6.07) is 23.6. The van der Waals surface area contributed by atoms with Crippen LogP contribution in [0.2, 0.25) is 5.02 Å². The summed E-state index contributed by atoms with van der Waals surface area (Å²) in [6.07, 6.45) is 2.87. The standard InChI is InChI=1S/C37H45ClN4O4/c1-37(2,3)46-36(44)39-29(23-26-16-18-27(19-17-26)30-12-5-6-13-31(30)38)24-34(43)41-20-9-11-28(25-41)35-40-32-14-7-8-15-33(32)42(35)21-10-22-45-4/h5-8,12-19,28-29H,9-11,20-25H2,1-4H3,(H,39,44)/t28-,29-/m1/s1. The summed E-state index contributed by atoms with van der Waals surface area (Å²) in [7, 11) is 1.72. The van der Waals surface area contributed by atoms with Gasteiger partial charge in [0.15, 0.2) is 0 Å². The van der Waals surface area contributed by atoms with Crippen molar-refractivity contribution in [3.05, 3.63) is 89.2 Å². The highest BCUT2D eigenvalue weighted by Crippen LogP contribution is 2.31. The molecule has 4 aromatic rings. The van der Waals surface area contributed by atoms with Gasteiger partial charge in [-0.25, -0.2) is 9.78 Å². The molecule has 1 aliphatic heterocycles. The van der Waals surface area contributed by atoms with Gasteiger partial charge in [0, 0.05) is 62.3 Å². The first kappa shape index (κ1) is 33.5. The van der Waals surface area contributed by atoms with Crippen molar-refractivity contribution in [1.82, 2.24) is 19.8 Å². The number of hydrogen-bond donors (Lipinski definition) is 1. The lowest BCUT2D eigenvalue weighted by Crippen LogP contribution is -2.46. The highest BCUT2D eigenvalue weighted by atomic mass is 35.5. The molecular weight excluding hydrogens is 600 g/mol. The largest absolute Gasteiger partial charge is 0.444 e. The van der Waals surface area contributed by atoms with Gasteiger partial charge in [0.05, 0.1) is 11.0 Å². The maximum atomic E-state index is 13.9. The summed E-state index contributed by atoms with van der Waals surface area (Å²) >= 11 is 6.42. The molecule has 0 saturated carbocycles. The normalized spacial score (nSPS) is 15.9. The molecule has 0 spiro atoms. The number of hydrogen-bond acceptors (Lipinski definition) is 5. The summed E-state index contributed by atoms with van der Waals surface area (Å²) in [5.74, 6) is 1.17. The lowest BCUT2D eigenvalue weighted by atomic mass is 9.95. The molecule has 0 aliphatic carbocycles. The van der Waals surface area contributed by atoms with Crippen molar-refractivity contribution in [2.45, 2.75) is 77.0 Å². The number of alkyl carbamates (subject to hydrolysis) is 1. The number of imidazole rings is 1. The van der Waals surface area contributed by atoms with Crippen LogP contribution >= 0.6 is 11.6 Å². The quantitative estimate of drug-likeness (QED) is 0.170. The van der Waals surface area contributed by atoms with Crippen molar-refractivity contribution >= 4 is 34.6 Å². The van der Waals surface area contributed by atoms with Gasteiger partial charge >= 0.3 is 6.09 Å². The van der Waals surface area contributed by atoms with Crippen molar-refractivity contribution in [3.63, 3.8) is 0 Å². The Labute approximate surface area is 277 Å². The number of piperidine rings is 1. The number of fused-ring (bicyclic) bond motifs is 1. The summed E-state index contributed by atoms with van der Waals surface area (Å²) in [6.45, 7) is 8.26. The maximum Gasteiger partial charge on any atom is 0.407 e. The monoisotopic (exact) mass is 644 g/mol. The molecule has 2 heterocycles. The van der Waals surface area contributed by atoms with Crippen molar-refractivity contribution in [1.29, 1.82) is 0 Å². The van der Waals surface area contributed by atoms with Crippen LogP contribution in [-0.2, 0) is 27.2 Å². The van der Waals surface area contributed by atoms with Gasteiger partial charge in [-0.1, -0.05) is 66.2 Å². The number of aromatic nitrogens is 2. The van der Waals surface area contributed by atoms with E-state index in [2.05, 4.69) is 16.0 Å². The van der Waals surface area contributed by atoms with Crippen molar-refractivity contribution in [2.24, 2.45) is 0 Å². The van der Waals surface area contributed by atoms with Gasteiger partial charge in [0.1, 0.15) is 11.4 Å². The molecule has 2 atom stereocenters. The molecule has 5 rings (SSSR count). The van der Waals surface area contributed by atoms with Gasteiger partial charge in [-0.2, -0.15) is 0 Å². The van der Waals surface area contributed by atoms with Crippen molar-refractivity contribution < 1.29 is 19.1 Å². The number of benzene rings is 3. The number of halogens is 1. The predicted molar refractivity (Wildman–Crippen MR) is 183 cm³/mol. The third-order valence-corrected chi connectivity index (χ3v) is 8.65. The van der Waals surface area contributed by atoms with E-state index < -0.39 is 17.7 Å². The lowest BCUT2D eigenvalue weighted by molar-refractivity contribution is -0.132. The average molecular weight is 645 g/mol. The number of para-hydroxylation sites is 2. The summed E-state index contributed by atoms with van der Waals surface area (Å²) in [5.41, 5.74) is 4.41. The number of likely N-dealkylation sites (tertiary alicyclic amines) is 1. The first-order chi connectivity index (χ1) is 22.1. The Morgan fingerprint density at radius 1 is 1.04 bits per heavy atom. The number of nitrogens with one attached hydrogen (secondary N) is 1. The zero-order valence-electron chi connectivity index (χ0n) is 27.3. The smallest absolute Gasteiger partial charge is 0.407 e. The van der Waals surface area contributed by atoms with E-state index in [0.29, 0.717) is 31.1 Å². The molecule has 3 aromatic carbocycles. The van der Waals surface area contributed by atoms with Crippen molar-refractivity contribution in [2.75, 3.05) is 26.8 Å². The summed E-state index contributed by atoms with van der Waals surface area (Å²) < 4.78 is 13.2. The highest BCUT2D eigenvalue weighted by molar-refractivity contribution is 6.33. The fourth-order valence-corrected chi connectivity index (χ4v) is 6.46. The van der Waals surface area contributed by atoms with Crippen LogP contribution in [-0.4, -0.2) is 64.9 Å². The second kappa shape index (κ2) is 15.1. The number of methoxy groups -OCH3 is 1. The van der Waals surface area contributed by atoms with Gasteiger partial charge in [0.2, 0.25) is 5.91 Å². The molecule has 0 unspecified atom stereocenters. The molecular formula is C37H45ClN4O4. The Morgan fingerprint density at radius 3 is 2.52 bits per heavy atom. The average Bonchev–Trinajstić information content (AvgIpc) is 3.39. The number of amides is 2. The minimum atomic E-state index is -0.649. The van der Waals surface area contributed by atoms with E-state index in [-0.39, 0.29) is 18.2 Å². The molecule has 244 valence electrons. The second-order valence-corrected chi connectivity index (χ2v) is 13.5. The first-order valence-corrected chi connectivity index (χ1v) is 16.5. The SMILES string of the molecule is COCCCn1c([C@@H]2CCCN(C(=O)C[C@@H](Cc3ccc(-c4ccccc4Cl)cc3)NC(=O)OC(C)(C)C)C2)nc2ccccc21. The molecule has 46 heavy (non-hydrogen) atoms. The van der Waals surface area contributed by atoms with Crippen LogP contribution in [0, 0.1) is 0 Å². The van der Waals surface area contributed by atoms with Gasteiger partial charge in [-0.05, 0) is 75.8 Å². The molecule has 9 heteroatoms. The minimum Gasteiger partial charge on any atom is -0.444 e. The van der Waals surface area contributed by atoms with Crippen LogP contribution in [0.15, 0.2) is 72.8 Å². The second-order valence-electron chi connectivity index (χ2n) is 13.1. The van der Waals surface area contributed by atoms with E-state index in [1.807, 2.05) is 92.4 Å². The molecule has 8 nitrogen and oxygen atoms in total. The van der Waals surface area contributed by atoms with Gasteiger partial charge in [-0.3, -0.25) is 4.79 Å². The van der Waals surface area contributed by atoms with Crippen LogP contribution in [0.25, 0.3) is 22.2 Å². The molecule has 0 radical (unpaired) electrons. The zero-order valence-corrected chi connectivity index (χ0v) is 28.1. The van der Waals surface area contributed by atoms with Gasteiger partial charge in [-0.15, -0.1) is 0 Å². The number of nitrogens with zero attached hydrogens (tertiary/aromatic N) is 3. The maximum absolute atomic E-state index is 13.9. The molecule has 1 N–H and O–H groups in total. The number of ether oxygens (including phenoxy) is 2. The Hall–Kier alpha value is -3.88. The molecule has 1 fully saturated rings. The van der Waals surface area contributed by atoms with E-state index in [9.17, 15) is 9.59 Å². The van der Waals surface area contributed by atoms with Crippen LogP contribution in [0.3, 0.4) is 0 Å². The Morgan fingerprint density at radius 2 is 1.78 bits per heavy atom. The van der Waals surface area contributed by atoms with Crippen LogP contribution < -0.4 is 5.32 Å². The third-order valence-electron chi connectivity index (χ3n) is 8.32. The number of carbonyl (C=O) groups is 2. The van der Waals surface area contributed by atoms with Crippen molar-refractivity contribution in [3.8, 4) is 11.1 Å². The molecule has 1 aliphatic rings. The van der Waals surface area contributed by atoms with E-state index in [0.717, 1.165) is 59.4 Å². The molecule has 2 amide bonds. The fourth-order valence-electron chi connectivity index (χ4n) is 6.21. The molecule has 1 saturated heterocycles. The zero-order chi connectivity index (χ0) is 32.7. The Bertz CT molecular complexity index is 1630. The fraction of sp³-hybridized carbons (Fsp3) is 0.432.